The van der Waals surface area contributed by atoms with Gasteiger partial charge in [-0.15, -0.1) is 0 Å². The summed E-state index contributed by atoms with van der Waals surface area (Å²) in [5.41, 5.74) is 0.227. The van der Waals surface area contributed by atoms with Crippen molar-refractivity contribution in [2.45, 2.75) is 25.6 Å². The van der Waals surface area contributed by atoms with E-state index in [1.807, 2.05) is 0 Å². The zero-order valence-corrected chi connectivity index (χ0v) is 19.8. The van der Waals surface area contributed by atoms with E-state index in [-0.39, 0.29) is 5.92 Å². The van der Waals surface area contributed by atoms with Crippen molar-refractivity contribution in [3.63, 3.8) is 0 Å². The predicted octanol–water partition coefficient (Wildman–Crippen LogP) is 4.48. The maximum atomic E-state index is 13.3. The third-order valence-corrected chi connectivity index (χ3v) is 6.41. The number of carboxylic acid groups (broad SMARTS) is 1. The van der Waals surface area contributed by atoms with Gasteiger partial charge in [-0.05, 0) is 24.3 Å². The van der Waals surface area contributed by atoms with Crippen molar-refractivity contribution in [3.8, 4) is 11.6 Å². The van der Waals surface area contributed by atoms with Crippen molar-refractivity contribution in [1.82, 2.24) is 4.98 Å². The van der Waals surface area contributed by atoms with Gasteiger partial charge in [0.1, 0.15) is 11.5 Å². The Morgan fingerprint density at radius 2 is 1.94 bits per heavy atom. The van der Waals surface area contributed by atoms with Gasteiger partial charge in [0.2, 0.25) is 5.88 Å². The number of nitrogens with zero attached hydrogens (tertiary/aromatic N) is 4. The number of aromatic nitrogens is 1. The molecule has 0 saturated carbocycles. The summed E-state index contributed by atoms with van der Waals surface area (Å²) in [6, 6.07) is 7.28. The normalized spacial score (nSPS) is 20.5. The molecule has 1 saturated heterocycles. The van der Waals surface area contributed by atoms with Gasteiger partial charge in [-0.2, -0.15) is 18.3 Å². The average Bonchev–Trinajstić information content (AvgIpc) is 3.10. The van der Waals surface area contributed by atoms with Crippen LogP contribution >= 0.6 is 11.6 Å². The molecule has 8 nitrogen and oxygen atoms in total. The van der Waals surface area contributed by atoms with Crippen molar-refractivity contribution >= 4 is 34.7 Å². The van der Waals surface area contributed by atoms with Crippen LogP contribution in [0.3, 0.4) is 0 Å². The summed E-state index contributed by atoms with van der Waals surface area (Å²) in [5, 5.41) is 14.6. The summed E-state index contributed by atoms with van der Waals surface area (Å²) in [7, 11) is 1.54. The summed E-state index contributed by atoms with van der Waals surface area (Å²) in [6.07, 6.45) is -3.55. The lowest BCUT2D eigenvalue weighted by Gasteiger charge is -2.41. The number of anilines is 2. The van der Waals surface area contributed by atoms with E-state index in [9.17, 15) is 23.1 Å². The highest BCUT2D eigenvalue weighted by molar-refractivity contribution is 6.33. The van der Waals surface area contributed by atoms with Crippen LogP contribution in [0.2, 0.25) is 5.02 Å². The first-order valence-electron chi connectivity index (χ1n) is 10.9. The molecule has 12 heteroatoms. The Balaban J connectivity index is 1.36. The molecule has 0 bridgehead atoms. The quantitative estimate of drug-likeness (QED) is 0.558. The Morgan fingerprint density at radius 1 is 1.26 bits per heavy atom. The number of carbonyl (C=O) groups is 1. The van der Waals surface area contributed by atoms with Gasteiger partial charge < -0.3 is 19.5 Å². The third kappa shape index (κ3) is 5.39. The fraction of sp³-hybridized carbons (Fsp3) is 0.435. The molecule has 2 aliphatic heterocycles. The summed E-state index contributed by atoms with van der Waals surface area (Å²) >= 11 is 6.23. The highest BCUT2D eigenvalue weighted by Crippen LogP contribution is 2.37. The zero-order chi connectivity index (χ0) is 25.3. The highest BCUT2D eigenvalue weighted by atomic mass is 35.5. The maximum absolute atomic E-state index is 13.3. The van der Waals surface area contributed by atoms with Crippen LogP contribution in [-0.4, -0.2) is 60.8 Å². The number of alkyl halides is 3. The molecular weight excluding hydrogens is 489 g/mol. The number of hydrogen-bond acceptors (Lipinski definition) is 7. The molecule has 0 radical (unpaired) electrons. The molecule has 2 aromatic rings. The molecule has 3 heterocycles. The van der Waals surface area contributed by atoms with E-state index in [4.69, 9.17) is 21.1 Å². The van der Waals surface area contributed by atoms with Crippen LogP contribution in [0.25, 0.3) is 0 Å². The lowest BCUT2D eigenvalue weighted by atomic mass is 9.94. The van der Waals surface area contributed by atoms with Crippen molar-refractivity contribution < 1.29 is 32.5 Å². The first kappa shape index (κ1) is 24.9. The Morgan fingerprint density at radius 3 is 2.54 bits per heavy atom. The summed E-state index contributed by atoms with van der Waals surface area (Å²) in [6.45, 7) is 3.27. The number of hydrazone groups is 1. The number of aliphatic carboxylic acids is 1. The van der Waals surface area contributed by atoms with Crippen molar-refractivity contribution in [2.24, 2.45) is 16.9 Å². The molecule has 1 aromatic heterocycles. The number of methoxy groups -OCH3 is 1. The molecule has 1 fully saturated rings. The van der Waals surface area contributed by atoms with Crippen LogP contribution in [0.4, 0.5) is 24.5 Å². The average molecular weight is 513 g/mol. The molecule has 188 valence electrons. The van der Waals surface area contributed by atoms with Crippen molar-refractivity contribution in [2.75, 3.05) is 36.7 Å². The zero-order valence-electron chi connectivity index (χ0n) is 19.0. The van der Waals surface area contributed by atoms with Gasteiger partial charge in [0.05, 0.1) is 48.8 Å². The van der Waals surface area contributed by atoms with Crippen LogP contribution in [-0.2, 0) is 4.79 Å². The molecule has 0 spiro atoms. The number of benzene rings is 1. The van der Waals surface area contributed by atoms with Gasteiger partial charge in [0.25, 0.3) is 0 Å². The Labute approximate surface area is 204 Å². The topological polar surface area (TPSA) is 87.5 Å². The van der Waals surface area contributed by atoms with Crippen LogP contribution in [0.1, 0.15) is 13.3 Å². The first-order chi connectivity index (χ1) is 16.6. The lowest BCUT2D eigenvalue weighted by molar-refractivity contribution is -0.137. The minimum absolute atomic E-state index is 0.267. The van der Waals surface area contributed by atoms with Crippen molar-refractivity contribution in [3.05, 3.63) is 41.6 Å². The number of carboxylic acids is 1. The minimum Gasteiger partial charge on any atom is -0.493 e. The summed E-state index contributed by atoms with van der Waals surface area (Å²) in [5.74, 6) is -0.959. The second-order valence-corrected chi connectivity index (χ2v) is 8.94. The first-order valence-corrected chi connectivity index (χ1v) is 11.3. The highest BCUT2D eigenvalue weighted by Gasteiger charge is 2.48. The largest absolute Gasteiger partial charge is 0.493 e. The van der Waals surface area contributed by atoms with E-state index in [1.165, 1.54) is 14.0 Å². The molecule has 2 unspecified atom stereocenters. The van der Waals surface area contributed by atoms with E-state index < -0.39 is 36.2 Å². The standard InChI is InChI=1S/C23H24ClF3N4O4/c1-13-18(8-21(32)33)31(29-22(13)23(25,26)27)15-3-5-16(6-4-15)35-12-14-10-30(11-14)19-7-20(34-2)28-9-17(19)24/h3-7,9,13-14,18H,8,10-12H2,1-2H3,(H,32,33). The van der Waals surface area contributed by atoms with Gasteiger partial charge >= 0.3 is 12.1 Å². The summed E-state index contributed by atoms with van der Waals surface area (Å²) in [4.78, 5) is 17.4. The molecule has 4 rings (SSSR count). The van der Waals surface area contributed by atoms with Gasteiger partial charge in [0.15, 0.2) is 0 Å². The second kappa shape index (κ2) is 9.80. The monoisotopic (exact) mass is 512 g/mol. The van der Waals surface area contributed by atoms with Gasteiger partial charge in [-0.25, -0.2) is 4.98 Å². The predicted molar refractivity (Wildman–Crippen MR) is 125 cm³/mol. The van der Waals surface area contributed by atoms with E-state index in [0.717, 1.165) is 23.8 Å². The SMILES string of the molecule is COc1cc(N2CC(COc3ccc(N4N=C(C(F)(F)F)C(C)C4CC(=O)O)cc3)C2)c(Cl)cn1. The van der Waals surface area contributed by atoms with Crippen LogP contribution in [0.15, 0.2) is 41.6 Å². The fourth-order valence-corrected chi connectivity index (χ4v) is 4.45. The van der Waals surface area contributed by atoms with Crippen LogP contribution < -0.4 is 19.4 Å². The maximum Gasteiger partial charge on any atom is 0.431 e. The Hall–Kier alpha value is -3.21. The van der Waals surface area contributed by atoms with Crippen molar-refractivity contribution in [1.29, 1.82) is 0 Å². The van der Waals surface area contributed by atoms with E-state index in [1.54, 1.807) is 36.5 Å². The molecule has 2 atom stereocenters. The van der Waals surface area contributed by atoms with Gasteiger partial charge in [-0.1, -0.05) is 18.5 Å². The molecule has 0 amide bonds. The molecule has 2 aliphatic rings. The van der Waals surface area contributed by atoms with E-state index >= 15 is 0 Å². The Bertz CT molecular complexity index is 1110. The lowest BCUT2D eigenvalue weighted by Crippen LogP contribution is -2.49. The van der Waals surface area contributed by atoms with E-state index in [2.05, 4.69) is 15.0 Å². The second-order valence-electron chi connectivity index (χ2n) is 8.54. The molecule has 1 N–H and O–H groups in total. The Kier molecular flexibility index (Phi) is 6.98. The van der Waals surface area contributed by atoms with Crippen LogP contribution in [0, 0.1) is 11.8 Å². The number of hydrogen-bond donors (Lipinski definition) is 1. The number of ether oxygens (including phenoxy) is 2. The number of pyridine rings is 1. The van der Waals surface area contributed by atoms with Gasteiger partial charge in [0, 0.05) is 31.0 Å². The minimum atomic E-state index is -4.63. The van der Waals surface area contributed by atoms with E-state index in [0.29, 0.717) is 28.9 Å². The molecule has 0 aliphatic carbocycles. The smallest absolute Gasteiger partial charge is 0.431 e. The molecule has 1 aromatic carbocycles. The molecular formula is C23H24ClF3N4O4. The fourth-order valence-electron chi connectivity index (χ4n) is 4.23. The molecule has 35 heavy (non-hydrogen) atoms. The van der Waals surface area contributed by atoms with Crippen LogP contribution in [0.5, 0.6) is 11.6 Å². The number of halogens is 4. The summed E-state index contributed by atoms with van der Waals surface area (Å²) < 4.78 is 51.0. The van der Waals surface area contributed by atoms with Gasteiger partial charge in [-0.3, -0.25) is 9.80 Å². The number of rotatable bonds is 8. The third-order valence-electron chi connectivity index (χ3n) is 6.12.